The van der Waals surface area contributed by atoms with Gasteiger partial charge in [-0.25, -0.2) is 9.97 Å². The average Bonchev–Trinajstić information content (AvgIpc) is 3.08. The van der Waals surface area contributed by atoms with Gasteiger partial charge in [0.05, 0.1) is 24.0 Å². The van der Waals surface area contributed by atoms with E-state index in [9.17, 15) is 9.59 Å². The van der Waals surface area contributed by atoms with Gasteiger partial charge < -0.3 is 10.4 Å². The lowest BCUT2D eigenvalue weighted by molar-refractivity contribution is -0.136. The summed E-state index contributed by atoms with van der Waals surface area (Å²) < 4.78 is 0. The minimum atomic E-state index is -0.898. The summed E-state index contributed by atoms with van der Waals surface area (Å²) in [6.07, 6.45) is 4.08. The number of nitrogens with zero attached hydrogens (tertiary/aromatic N) is 2. The van der Waals surface area contributed by atoms with Crippen molar-refractivity contribution in [2.45, 2.75) is 39.0 Å². The molecule has 0 unspecified atom stereocenters. The van der Waals surface area contributed by atoms with Gasteiger partial charge in [-0.2, -0.15) is 0 Å². The minimum absolute atomic E-state index is 0.0725. The monoisotopic (exact) mass is 361 g/mol. The highest BCUT2D eigenvalue weighted by Gasteiger charge is 2.22. The highest BCUT2D eigenvalue weighted by atomic mass is 35.5. The molecular formula is C18H20ClN3O3. The van der Waals surface area contributed by atoms with E-state index in [1.807, 2.05) is 6.92 Å². The number of hydrogen-bond donors (Lipinski definition) is 2. The van der Waals surface area contributed by atoms with Gasteiger partial charge in [-0.15, -0.1) is 0 Å². The van der Waals surface area contributed by atoms with Crippen LogP contribution in [0, 0.1) is 12.8 Å². The molecule has 2 N–H and O–H groups in total. The van der Waals surface area contributed by atoms with E-state index in [1.165, 1.54) is 0 Å². The van der Waals surface area contributed by atoms with E-state index in [1.54, 1.807) is 12.1 Å². The average molecular weight is 362 g/mol. The second-order valence-electron chi connectivity index (χ2n) is 6.50. The number of carbonyl (C=O) groups excluding carboxylic acids is 1. The van der Waals surface area contributed by atoms with E-state index < -0.39 is 5.97 Å². The van der Waals surface area contributed by atoms with Crippen molar-refractivity contribution in [3.63, 3.8) is 0 Å². The molecule has 2 aromatic rings. The number of hydrogen-bond acceptors (Lipinski definition) is 5. The Bertz CT molecular complexity index is 832. The molecule has 6 nitrogen and oxygen atoms in total. The molecular weight excluding hydrogens is 342 g/mol. The first-order valence-corrected chi connectivity index (χ1v) is 8.77. The third kappa shape index (κ3) is 4.07. The van der Waals surface area contributed by atoms with E-state index in [0.717, 1.165) is 31.2 Å². The second-order valence-corrected chi connectivity index (χ2v) is 6.86. The fourth-order valence-corrected chi connectivity index (χ4v) is 3.46. The summed E-state index contributed by atoms with van der Waals surface area (Å²) in [7, 11) is 0. The van der Waals surface area contributed by atoms with Gasteiger partial charge in [-0.05, 0) is 43.0 Å². The molecule has 0 bridgehead atoms. The molecule has 1 aromatic carbocycles. The van der Waals surface area contributed by atoms with Gasteiger partial charge in [-0.3, -0.25) is 9.59 Å². The number of anilines is 1. The molecule has 25 heavy (non-hydrogen) atoms. The number of fused-ring (bicyclic) bond motifs is 1. The van der Waals surface area contributed by atoms with Crippen molar-refractivity contribution in [2.75, 3.05) is 11.9 Å². The topological polar surface area (TPSA) is 92.2 Å². The summed E-state index contributed by atoms with van der Waals surface area (Å²) in [6, 6.07) is 3.49. The fourth-order valence-electron chi connectivity index (χ4n) is 3.26. The molecule has 0 atom stereocenters. The summed E-state index contributed by atoms with van der Waals surface area (Å²) in [6.45, 7) is 2.03. The van der Waals surface area contributed by atoms with E-state index >= 15 is 0 Å². The smallest absolute Gasteiger partial charge is 0.307 e. The van der Waals surface area contributed by atoms with Gasteiger partial charge in [0.15, 0.2) is 16.8 Å². The van der Waals surface area contributed by atoms with Crippen molar-refractivity contribution in [3.8, 4) is 0 Å². The van der Waals surface area contributed by atoms with Crippen LogP contribution in [0.15, 0.2) is 12.1 Å². The van der Waals surface area contributed by atoms with E-state index in [4.69, 9.17) is 16.7 Å². The Kier molecular flexibility index (Phi) is 5.18. The van der Waals surface area contributed by atoms with Crippen LogP contribution in [0.5, 0.6) is 0 Å². The highest BCUT2D eigenvalue weighted by Crippen LogP contribution is 2.27. The molecule has 1 aromatic heterocycles. The zero-order chi connectivity index (χ0) is 18.0. The molecule has 0 radical (unpaired) electrons. The Morgan fingerprint density at radius 1 is 1.24 bits per heavy atom. The molecule has 7 heteroatoms. The standard InChI is InChI=1S/C18H20ClN3O3/c1-10-6-13-14(7-12(10)8-16(24)25)21-17(19)18(22-13)20-9-15(23)11-4-2-3-5-11/h6-7,11H,2-5,8-9H2,1H3,(H,20,22)(H,24,25). The van der Waals surface area contributed by atoms with Crippen LogP contribution in [0.2, 0.25) is 5.15 Å². The quantitative estimate of drug-likeness (QED) is 0.819. The lowest BCUT2D eigenvalue weighted by Gasteiger charge is -2.12. The van der Waals surface area contributed by atoms with Crippen LogP contribution in [0.4, 0.5) is 5.82 Å². The van der Waals surface area contributed by atoms with Crippen LogP contribution in [-0.2, 0) is 16.0 Å². The Hall–Kier alpha value is -2.21. The Morgan fingerprint density at radius 3 is 2.60 bits per heavy atom. The number of Topliss-reactive ketones (excluding diaryl/α,β-unsaturated/α-hetero) is 1. The molecule has 0 spiro atoms. The number of carboxylic acid groups (broad SMARTS) is 1. The molecule has 1 aliphatic rings. The minimum Gasteiger partial charge on any atom is -0.481 e. The first-order chi connectivity index (χ1) is 11.9. The first kappa shape index (κ1) is 17.6. The molecule has 1 heterocycles. The van der Waals surface area contributed by atoms with Crippen molar-refractivity contribution < 1.29 is 14.7 Å². The summed E-state index contributed by atoms with van der Waals surface area (Å²) in [5, 5.41) is 12.1. The third-order valence-corrected chi connectivity index (χ3v) is 4.93. The second kappa shape index (κ2) is 7.35. The Morgan fingerprint density at radius 2 is 1.92 bits per heavy atom. The van der Waals surface area contributed by atoms with Crippen LogP contribution in [0.25, 0.3) is 11.0 Å². The molecule has 0 saturated heterocycles. The molecule has 132 valence electrons. The predicted octanol–water partition coefficient (Wildman–Crippen LogP) is 3.39. The highest BCUT2D eigenvalue weighted by molar-refractivity contribution is 6.32. The summed E-state index contributed by atoms with van der Waals surface area (Å²) >= 11 is 6.18. The van der Waals surface area contributed by atoms with Gasteiger partial charge >= 0.3 is 5.97 Å². The maximum absolute atomic E-state index is 12.2. The molecule has 1 fully saturated rings. The lowest BCUT2D eigenvalue weighted by Crippen LogP contribution is -2.21. The fraction of sp³-hybridized carbons (Fsp3) is 0.444. The number of carbonyl (C=O) groups is 2. The zero-order valence-corrected chi connectivity index (χ0v) is 14.8. The van der Waals surface area contributed by atoms with Crippen molar-refractivity contribution >= 4 is 40.2 Å². The maximum atomic E-state index is 12.2. The van der Waals surface area contributed by atoms with E-state index in [0.29, 0.717) is 22.4 Å². The number of carboxylic acids is 1. The predicted molar refractivity (Wildman–Crippen MR) is 96.1 cm³/mol. The van der Waals surface area contributed by atoms with Gasteiger partial charge in [0.1, 0.15) is 0 Å². The van der Waals surface area contributed by atoms with Gasteiger partial charge in [0, 0.05) is 5.92 Å². The number of nitrogens with one attached hydrogen (secondary N) is 1. The van der Waals surface area contributed by atoms with Crippen LogP contribution in [0.1, 0.15) is 36.8 Å². The molecule has 0 aliphatic heterocycles. The van der Waals surface area contributed by atoms with Crippen molar-refractivity contribution in [1.82, 2.24) is 9.97 Å². The number of rotatable bonds is 6. The van der Waals surface area contributed by atoms with Crippen molar-refractivity contribution in [3.05, 3.63) is 28.4 Å². The molecule has 1 aliphatic carbocycles. The number of benzene rings is 1. The first-order valence-electron chi connectivity index (χ1n) is 8.39. The van der Waals surface area contributed by atoms with E-state index in [-0.39, 0.29) is 29.8 Å². The number of aliphatic carboxylic acids is 1. The van der Waals surface area contributed by atoms with Crippen LogP contribution in [0.3, 0.4) is 0 Å². The lowest BCUT2D eigenvalue weighted by atomic mass is 10.0. The largest absolute Gasteiger partial charge is 0.481 e. The van der Waals surface area contributed by atoms with E-state index in [2.05, 4.69) is 15.3 Å². The summed E-state index contributed by atoms with van der Waals surface area (Å²) in [5.41, 5.74) is 2.67. The van der Waals surface area contributed by atoms with Gasteiger partial charge in [0.25, 0.3) is 0 Å². The van der Waals surface area contributed by atoms with Crippen molar-refractivity contribution in [2.24, 2.45) is 5.92 Å². The molecule has 0 amide bonds. The SMILES string of the molecule is Cc1cc2nc(NCC(=O)C3CCCC3)c(Cl)nc2cc1CC(=O)O. The van der Waals surface area contributed by atoms with Crippen molar-refractivity contribution in [1.29, 1.82) is 0 Å². The van der Waals surface area contributed by atoms with Crippen LogP contribution < -0.4 is 5.32 Å². The van der Waals surface area contributed by atoms with Crippen LogP contribution in [-0.4, -0.2) is 33.4 Å². The van der Waals surface area contributed by atoms with Crippen LogP contribution >= 0.6 is 11.6 Å². The maximum Gasteiger partial charge on any atom is 0.307 e. The number of aromatic nitrogens is 2. The normalized spacial score (nSPS) is 14.8. The van der Waals surface area contributed by atoms with Gasteiger partial charge in [0.2, 0.25) is 0 Å². The molecule has 1 saturated carbocycles. The Balaban J connectivity index is 1.80. The third-order valence-electron chi connectivity index (χ3n) is 4.66. The number of aryl methyl sites for hydroxylation is 1. The van der Waals surface area contributed by atoms with Gasteiger partial charge in [-0.1, -0.05) is 24.4 Å². The number of halogens is 1. The summed E-state index contributed by atoms with van der Waals surface area (Å²) in [4.78, 5) is 31.9. The summed E-state index contributed by atoms with van der Waals surface area (Å²) in [5.74, 6) is -0.194. The zero-order valence-electron chi connectivity index (χ0n) is 14.0. The Labute approximate surface area is 150 Å². The number of ketones is 1. The molecule has 3 rings (SSSR count).